The van der Waals surface area contributed by atoms with E-state index in [1.807, 2.05) is 20.9 Å². The van der Waals surface area contributed by atoms with Crippen LogP contribution in [0.5, 0.6) is 0 Å². The maximum absolute atomic E-state index is 11.9. The molecule has 2 unspecified atom stereocenters. The van der Waals surface area contributed by atoms with Gasteiger partial charge in [0.05, 0.1) is 6.61 Å². The fourth-order valence-corrected chi connectivity index (χ4v) is 1.69. The molecular weight excluding hydrogens is 216 g/mol. The van der Waals surface area contributed by atoms with Gasteiger partial charge in [0, 0.05) is 12.6 Å². The lowest BCUT2D eigenvalue weighted by Crippen LogP contribution is -2.57. The number of carbonyl (C=O) groups excluding carboxylic acids is 1. The molecule has 0 radical (unpaired) electrons. The van der Waals surface area contributed by atoms with E-state index < -0.39 is 5.54 Å². The minimum atomic E-state index is -0.645. The molecule has 0 spiro atoms. The molecule has 0 aliphatic heterocycles. The Kier molecular flexibility index (Phi) is 6.72. The number of esters is 1. The summed E-state index contributed by atoms with van der Waals surface area (Å²) in [6, 6.07) is 0.428. The lowest BCUT2D eigenvalue weighted by atomic mass is 9.99. The van der Waals surface area contributed by atoms with E-state index in [0.29, 0.717) is 25.1 Å². The van der Waals surface area contributed by atoms with Crippen molar-refractivity contribution in [2.24, 2.45) is 5.92 Å². The summed E-state index contributed by atoms with van der Waals surface area (Å²) in [5.74, 6) is 0.369. The summed E-state index contributed by atoms with van der Waals surface area (Å²) in [7, 11) is 3.84. The Bertz CT molecular complexity index is 244. The van der Waals surface area contributed by atoms with Gasteiger partial charge in [0.2, 0.25) is 0 Å². The number of hydrogen-bond acceptors (Lipinski definition) is 4. The lowest BCUT2D eigenvalue weighted by molar-refractivity contribution is -0.151. The van der Waals surface area contributed by atoms with Crippen LogP contribution in [-0.2, 0) is 9.53 Å². The van der Waals surface area contributed by atoms with Crippen molar-refractivity contribution in [3.8, 4) is 0 Å². The fraction of sp³-hybridized carbons (Fsp3) is 0.923. The van der Waals surface area contributed by atoms with Crippen LogP contribution < -0.4 is 5.32 Å². The number of carbonyl (C=O) groups is 1. The molecule has 0 heterocycles. The Hall–Kier alpha value is -0.610. The minimum Gasteiger partial charge on any atom is -0.465 e. The molecule has 0 aliphatic carbocycles. The summed E-state index contributed by atoms with van der Waals surface area (Å²) >= 11 is 0. The molecule has 0 aromatic heterocycles. The molecule has 0 saturated heterocycles. The zero-order valence-corrected chi connectivity index (χ0v) is 12.3. The molecule has 0 amide bonds. The van der Waals surface area contributed by atoms with Gasteiger partial charge < -0.3 is 15.0 Å². The molecule has 0 aromatic rings. The average molecular weight is 244 g/mol. The molecule has 0 bridgehead atoms. The molecule has 4 nitrogen and oxygen atoms in total. The van der Waals surface area contributed by atoms with Crippen LogP contribution in [0.4, 0.5) is 0 Å². The second kappa shape index (κ2) is 6.97. The molecule has 102 valence electrons. The van der Waals surface area contributed by atoms with Gasteiger partial charge in [-0.2, -0.15) is 0 Å². The molecule has 4 heteroatoms. The van der Waals surface area contributed by atoms with Crippen molar-refractivity contribution in [2.75, 3.05) is 27.2 Å². The van der Waals surface area contributed by atoms with Crippen molar-refractivity contribution in [2.45, 2.75) is 46.2 Å². The van der Waals surface area contributed by atoms with E-state index in [0.717, 1.165) is 0 Å². The summed E-state index contributed by atoms with van der Waals surface area (Å²) in [6.45, 7) is 11.3. The molecule has 0 fully saturated rings. The van der Waals surface area contributed by atoms with Crippen LogP contribution in [0.25, 0.3) is 0 Å². The monoisotopic (exact) mass is 244 g/mol. The highest BCUT2D eigenvalue weighted by atomic mass is 16.5. The molecule has 0 aromatic carbocycles. The van der Waals surface area contributed by atoms with E-state index in [9.17, 15) is 4.79 Å². The first kappa shape index (κ1) is 16.4. The van der Waals surface area contributed by atoms with Crippen LogP contribution in [0.2, 0.25) is 0 Å². The van der Waals surface area contributed by atoms with Crippen LogP contribution in [0.3, 0.4) is 0 Å². The van der Waals surface area contributed by atoms with E-state index >= 15 is 0 Å². The Labute approximate surface area is 106 Å². The Morgan fingerprint density at radius 2 is 1.94 bits per heavy atom. The molecule has 0 saturated carbocycles. The van der Waals surface area contributed by atoms with Crippen molar-refractivity contribution in [3.63, 3.8) is 0 Å². The average Bonchev–Trinajstić information content (AvgIpc) is 2.27. The highest BCUT2D eigenvalue weighted by Gasteiger charge is 2.35. The summed E-state index contributed by atoms with van der Waals surface area (Å²) < 4.78 is 5.11. The van der Waals surface area contributed by atoms with Gasteiger partial charge in [-0.25, -0.2) is 0 Å². The van der Waals surface area contributed by atoms with Gasteiger partial charge in [-0.15, -0.1) is 0 Å². The highest BCUT2D eigenvalue weighted by molar-refractivity contribution is 5.80. The molecule has 1 N–H and O–H groups in total. The molecule has 17 heavy (non-hydrogen) atoms. The van der Waals surface area contributed by atoms with E-state index in [1.54, 1.807) is 7.05 Å². The van der Waals surface area contributed by atoms with E-state index in [4.69, 9.17) is 4.74 Å². The van der Waals surface area contributed by atoms with Crippen LogP contribution in [-0.4, -0.2) is 49.7 Å². The Morgan fingerprint density at radius 1 is 1.41 bits per heavy atom. The quantitative estimate of drug-likeness (QED) is 0.689. The molecule has 2 atom stereocenters. The molecule has 0 aliphatic rings. The number of hydrogen-bond donors (Lipinski definition) is 1. The van der Waals surface area contributed by atoms with Gasteiger partial charge in [-0.05, 0) is 40.8 Å². The first-order valence-corrected chi connectivity index (χ1v) is 6.34. The number of likely N-dealkylation sites (N-methyl/N-ethyl adjacent to an activating group) is 2. The van der Waals surface area contributed by atoms with E-state index in [-0.39, 0.29) is 5.97 Å². The van der Waals surface area contributed by atoms with Crippen molar-refractivity contribution in [3.05, 3.63) is 0 Å². The maximum atomic E-state index is 11.9. The predicted octanol–water partition coefficient (Wildman–Crippen LogP) is 1.50. The summed E-state index contributed by atoms with van der Waals surface area (Å²) in [4.78, 5) is 14.1. The van der Waals surface area contributed by atoms with Gasteiger partial charge in [0.15, 0.2) is 0 Å². The summed E-state index contributed by atoms with van der Waals surface area (Å²) in [5, 5.41) is 3.07. The normalized spacial score (nSPS) is 17.0. The zero-order chi connectivity index (χ0) is 13.6. The van der Waals surface area contributed by atoms with Crippen molar-refractivity contribution in [1.29, 1.82) is 0 Å². The Balaban J connectivity index is 4.62. The first-order valence-electron chi connectivity index (χ1n) is 6.34. The molecule has 0 rings (SSSR count). The first-order chi connectivity index (χ1) is 7.78. The van der Waals surface area contributed by atoms with Gasteiger partial charge in [-0.1, -0.05) is 13.8 Å². The van der Waals surface area contributed by atoms with Gasteiger partial charge >= 0.3 is 5.97 Å². The maximum Gasteiger partial charge on any atom is 0.327 e. The lowest BCUT2D eigenvalue weighted by Gasteiger charge is -2.35. The van der Waals surface area contributed by atoms with Gasteiger partial charge in [0.1, 0.15) is 5.54 Å². The second-order valence-electron chi connectivity index (χ2n) is 5.20. The zero-order valence-electron chi connectivity index (χ0n) is 12.3. The van der Waals surface area contributed by atoms with Crippen LogP contribution in [0.15, 0.2) is 0 Å². The minimum absolute atomic E-state index is 0.190. The number of ether oxygens (including phenoxy) is 1. The fourth-order valence-electron chi connectivity index (χ4n) is 1.69. The van der Waals surface area contributed by atoms with Crippen LogP contribution >= 0.6 is 0 Å². The topological polar surface area (TPSA) is 41.6 Å². The second-order valence-corrected chi connectivity index (χ2v) is 5.20. The Morgan fingerprint density at radius 3 is 2.29 bits per heavy atom. The highest BCUT2D eigenvalue weighted by Crippen LogP contribution is 2.14. The third-order valence-electron chi connectivity index (χ3n) is 3.50. The van der Waals surface area contributed by atoms with Crippen molar-refractivity contribution < 1.29 is 9.53 Å². The number of rotatable bonds is 7. The SMILES string of the molecule is CCOC(=O)C(C)(CN(C)C(C)C(C)C)NC. The molecular formula is C13H28N2O2. The largest absolute Gasteiger partial charge is 0.465 e. The smallest absolute Gasteiger partial charge is 0.327 e. The third kappa shape index (κ3) is 4.64. The van der Waals surface area contributed by atoms with Crippen LogP contribution in [0, 0.1) is 5.92 Å². The third-order valence-corrected chi connectivity index (χ3v) is 3.50. The summed E-state index contributed by atoms with van der Waals surface area (Å²) in [5.41, 5.74) is -0.645. The van der Waals surface area contributed by atoms with Crippen molar-refractivity contribution >= 4 is 5.97 Å². The number of nitrogens with zero attached hydrogens (tertiary/aromatic N) is 1. The standard InChI is InChI=1S/C13H28N2O2/c1-8-17-12(16)13(5,14-6)9-15(7)11(4)10(2)3/h10-11,14H,8-9H2,1-7H3. The van der Waals surface area contributed by atoms with Crippen LogP contribution in [0.1, 0.15) is 34.6 Å². The van der Waals surface area contributed by atoms with E-state index in [2.05, 4.69) is 31.0 Å². The predicted molar refractivity (Wildman–Crippen MR) is 71.0 cm³/mol. The van der Waals surface area contributed by atoms with E-state index in [1.165, 1.54) is 0 Å². The van der Waals surface area contributed by atoms with Gasteiger partial charge in [-0.3, -0.25) is 4.79 Å². The number of nitrogens with one attached hydrogen (secondary N) is 1. The van der Waals surface area contributed by atoms with Gasteiger partial charge in [0.25, 0.3) is 0 Å². The van der Waals surface area contributed by atoms with Crippen molar-refractivity contribution in [1.82, 2.24) is 10.2 Å². The summed E-state index contributed by atoms with van der Waals surface area (Å²) in [6.07, 6.45) is 0.